The molecule has 1 aromatic carbocycles. The second-order valence-corrected chi connectivity index (χ2v) is 8.47. The molecule has 0 radical (unpaired) electrons. The number of rotatable bonds is 6. The van der Waals surface area contributed by atoms with Gasteiger partial charge in [-0.3, -0.25) is 14.5 Å². The first kappa shape index (κ1) is 18.5. The predicted molar refractivity (Wildman–Crippen MR) is 105 cm³/mol. The summed E-state index contributed by atoms with van der Waals surface area (Å²) in [6.45, 7) is 6.50. The van der Waals surface area contributed by atoms with Crippen molar-refractivity contribution in [3.63, 3.8) is 0 Å². The summed E-state index contributed by atoms with van der Waals surface area (Å²) in [5.41, 5.74) is 0.790. The minimum absolute atomic E-state index is 0.160. The van der Waals surface area contributed by atoms with Crippen LogP contribution < -0.4 is 0 Å². The third kappa shape index (κ3) is 4.34. The molecule has 1 aromatic rings. The Hall–Kier alpha value is -1.88. The second-order valence-electron chi connectivity index (χ2n) is 8.47. The van der Waals surface area contributed by atoms with Gasteiger partial charge in [-0.2, -0.15) is 0 Å². The van der Waals surface area contributed by atoms with E-state index in [0.29, 0.717) is 18.0 Å². The molecule has 1 aliphatic carbocycles. The van der Waals surface area contributed by atoms with E-state index in [0.717, 1.165) is 44.7 Å². The Labute approximate surface area is 162 Å². The van der Waals surface area contributed by atoms with Gasteiger partial charge < -0.3 is 9.80 Å². The van der Waals surface area contributed by atoms with Crippen LogP contribution in [0.25, 0.3) is 0 Å². The van der Waals surface area contributed by atoms with Gasteiger partial charge in [0.05, 0.1) is 0 Å². The van der Waals surface area contributed by atoms with Gasteiger partial charge in [0.1, 0.15) is 0 Å². The summed E-state index contributed by atoms with van der Waals surface area (Å²) in [5.74, 6) is 0.933. The van der Waals surface area contributed by atoms with E-state index in [1.54, 1.807) is 6.92 Å². The van der Waals surface area contributed by atoms with Gasteiger partial charge in [-0.15, -0.1) is 0 Å². The zero-order chi connectivity index (χ0) is 18.8. The van der Waals surface area contributed by atoms with E-state index in [-0.39, 0.29) is 11.8 Å². The van der Waals surface area contributed by atoms with Crippen molar-refractivity contribution < 1.29 is 9.59 Å². The van der Waals surface area contributed by atoms with E-state index < -0.39 is 0 Å². The maximum atomic E-state index is 12.7. The Morgan fingerprint density at radius 3 is 2.56 bits per heavy atom. The second kappa shape index (κ2) is 8.01. The lowest BCUT2D eigenvalue weighted by Crippen LogP contribution is -2.45. The topological polar surface area (TPSA) is 43.9 Å². The lowest BCUT2D eigenvalue weighted by molar-refractivity contribution is -0.130. The third-order valence-electron chi connectivity index (χ3n) is 6.39. The van der Waals surface area contributed by atoms with Gasteiger partial charge in [0.25, 0.3) is 5.91 Å². The number of carbonyl (C=O) groups is 2. The zero-order valence-electron chi connectivity index (χ0n) is 16.3. The van der Waals surface area contributed by atoms with Crippen LogP contribution in [0.15, 0.2) is 30.3 Å². The average molecular weight is 370 g/mol. The van der Waals surface area contributed by atoms with Crippen molar-refractivity contribution in [1.82, 2.24) is 14.7 Å². The van der Waals surface area contributed by atoms with Crippen molar-refractivity contribution in [2.75, 3.05) is 32.7 Å². The summed E-state index contributed by atoms with van der Waals surface area (Å²) >= 11 is 0. The molecule has 0 N–H and O–H groups in total. The Kier molecular flexibility index (Phi) is 5.48. The van der Waals surface area contributed by atoms with Gasteiger partial charge in [-0.25, -0.2) is 0 Å². The standard InChI is InChI=1S/C22H31N3O2/c1-17(26)25(20-9-10-20)16-21-8-5-12-23(21)14-18-11-13-24(15-18)22(27)19-6-3-2-4-7-19/h2-4,6-7,18,20-21H,5,8-16H2,1H3/t18-,21-/m0/s1. The van der Waals surface area contributed by atoms with Gasteiger partial charge in [0.15, 0.2) is 0 Å². The molecule has 0 bridgehead atoms. The van der Waals surface area contributed by atoms with Crippen LogP contribution in [0.4, 0.5) is 0 Å². The van der Waals surface area contributed by atoms with Crippen molar-refractivity contribution in [2.45, 2.75) is 51.1 Å². The minimum atomic E-state index is 0.160. The van der Waals surface area contributed by atoms with Gasteiger partial charge in [0, 0.05) is 50.7 Å². The molecule has 2 amide bonds. The normalized spacial score (nSPS) is 25.7. The molecule has 2 aliphatic heterocycles. The molecule has 1 saturated carbocycles. The van der Waals surface area contributed by atoms with Crippen LogP contribution in [-0.4, -0.2) is 71.3 Å². The van der Waals surface area contributed by atoms with Crippen LogP contribution >= 0.6 is 0 Å². The monoisotopic (exact) mass is 369 g/mol. The van der Waals surface area contributed by atoms with Crippen LogP contribution in [-0.2, 0) is 4.79 Å². The lowest BCUT2D eigenvalue weighted by atomic mass is 10.1. The SMILES string of the molecule is CC(=O)N(C[C@@H]1CCCN1C[C@@H]1CCN(C(=O)c2ccccc2)C1)C1CC1. The van der Waals surface area contributed by atoms with Gasteiger partial charge in [-0.1, -0.05) is 18.2 Å². The molecule has 146 valence electrons. The Bertz CT molecular complexity index is 673. The van der Waals surface area contributed by atoms with E-state index in [1.807, 2.05) is 35.2 Å². The summed E-state index contributed by atoms with van der Waals surface area (Å²) in [6, 6.07) is 10.6. The molecule has 3 aliphatic rings. The fourth-order valence-electron chi connectivity index (χ4n) is 4.75. The molecular formula is C22H31N3O2. The highest BCUT2D eigenvalue weighted by atomic mass is 16.2. The summed E-state index contributed by atoms with van der Waals surface area (Å²) in [4.78, 5) is 31.3. The van der Waals surface area contributed by atoms with Crippen molar-refractivity contribution >= 4 is 11.8 Å². The molecule has 27 heavy (non-hydrogen) atoms. The maximum absolute atomic E-state index is 12.7. The van der Waals surface area contributed by atoms with Crippen molar-refractivity contribution in [1.29, 1.82) is 0 Å². The minimum Gasteiger partial charge on any atom is -0.338 e. The number of nitrogens with zero attached hydrogens (tertiary/aromatic N) is 3. The third-order valence-corrected chi connectivity index (χ3v) is 6.39. The molecule has 5 heteroatoms. The first-order chi connectivity index (χ1) is 13.1. The van der Waals surface area contributed by atoms with Crippen molar-refractivity contribution in [3.8, 4) is 0 Å². The molecule has 2 atom stereocenters. The largest absolute Gasteiger partial charge is 0.338 e. The van der Waals surface area contributed by atoms with Gasteiger partial charge in [-0.05, 0) is 56.7 Å². The number of hydrogen-bond acceptors (Lipinski definition) is 3. The summed E-state index contributed by atoms with van der Waals surface area (Å²) < 4.78 is 0. The molecule has 5 nitrogen and oxygen atoms in total. The van der Waals surface area contributed by atoms with E-state index in [2.05, 4.69) is 9.80 Å². The molecule has 0 unspecified atom stereocenters. The molecule has 2 saturated heterocycles. The molecule has 3 fully saturated rings. The first-order valence-electron chi connectivity index (χ1n) is 10.5. The number of likely N-dealkylation sites (tertiary alicyclic amines) is 2. The number of hydrogen-bond donors (Lipinski definition) is 0. The summed E-state index contributed by atoms with van der Waals surface area (Å²) in [5, 5.41) is 0. The number of carbonyl (C=O) groups excluding carboxylic acids is 2. The van der Waals surface area contributed by atoms with Crippen LogP contribution in [0.3, 0.4) is 0 Å². The fraction of sp³-hybridized carbons (Fsp3) is 0.636. The van der Waals surface area contributed by atoms with Crippen LogP contribution in [0.5, 0.6) is 0 Å². The van der Waals surface area contributed by atoms with Gasteiger partial charge in [0.2, 0.25) is 5.91 Å². The fourth-order valence-corrected chi connectivity index (χ4v) is 4.75. The van der Waals surface area contributed by atoms with Crippen molar-refractivity contribution in [2.24, 2.45) is 5.92 Å². The highest BCUT2D eigenvalue weighted by Crippen LogP contribution is 2.30. The molecule has 0 spiro atoms. The van der Waals surface area contributed by atoms with E-state index >= 15 is 0 Å². The number of benzene rings is 1. The molecule has 2 heterocycles. The summed E-state index contributed by atoms with van der Waals surface area (Å²) in [6.07, 6.45) is 5.84. The molecular weight excluding hydrogens is 338 g/mol. The number of amides is 2. The Balaban J connectivity index is 1.31. The highest BCUT2D eigenvalue weighted by molar-refractivity contribution is 5.94. The first-order valence-corrected chi connectivity index (χ1v) is 10.5. The molecule has 0 aromatic heterocycles. The predicted octanol–water partition coefficient (Wildman–Crippen LogP) is 2.62. The lowest BCUT2D eigenvalue weighted by Gasteiger charge is -2.32. The summed E-state index contributed by atoms with van der Waals surface area (Å²) in [7, 11) is 0. The van der Waals surface area contributed by atoms with E-state index in [9.17, 15) is 9.59 Å². The Morgan fingerprint density at radius 1 is 1.07 bits per heavy atom. The van der Waals surface area contributed by atoms with E-state index in [4.69, 9.17) is 0 Å². The van der Waals surface area contributed by atoms with Crippen LogP contribution in [0.1, 0.15) is 49.4 Å². The van der Waals surface area contributed by atoms with E-state index in [1.165, 1.54) is 25.7 Å². The molecule has 4 rings (SSSR count). The van der Waals surface area contributed by atoms with Crippen LogP contribution in [0, 0.1) is 5.92 Å². The highest BCUT2D eigenvalue weighted by Gasteiger charge is 2.36. The smallest absolute Gasteiger partial charge is 0.253 e. The zero-order valence-corrected chi connectivity index (χ0v) is 16.3. The average Bonchev–Trinajstić information content (AvgIpc) is 3.24. The van der Waals surface area contributed by atoms with Crippen LogP contribution in [0.2, 0.25) is 0 Å². The van der Waals surface area contributed by atoms with Crippen molar-refractivity contribution in [3.05, 3.63) is 35.9 Å². The maximum Gasteiger partial charge on any atom is 0.253 e. The Morgan fingerprint density at radius 2 is 1.85 bits per heavy atom. The van der Waals surface area contributed by atoms with Gasteiger partial charge >= 0.3 is 0 Å². The quantitative estimate of drug-likeness (QED) is 0.774.